The van der Waals surface area contributed by atoms with E-state index in [0.29, 0.717) is 6.42 Å². The molecule has 0 aromatic heterocycles. The summed E-state index contributed by atoms with van der Waals surface area (Å²) in [7, 11) is 0. The lowest BCUT2D eigenvalue weighted by atomic mass is 10.2. The molecule has 2 aliphatic heterocycles. The Morgan fingerprint density at radius 3 is 3.08 bits per heavy atom. The molecule has 4 nitrogen and oxygen atoms in total. The number of nitrogens with one attached hydrogen (secondary N) is 1. The van der Waals surface area contributed by atoms with Gasteiger partial charge in [0, 0.05) is 19.7 Å². The van der Waals surface area contributed by atoms with Crippen LogP contribution in [0.1, 0.15) is 25.7 Å². The van der Waals surface area contributed by atoms with Crippen molar-refractivity contribution in [1.29, 1.82) is 0 Å². The number of rotatable bonds is 2. The highest BCUT2D eigenvalue weighted by Crippen LogP contribution is 2.16. The number of ether oxygens (including phenoxy) is 1. The van der Waals surface area contributed by atoms with E-state index in [9.17, 15) is 4.79 Å². The van der Waals surface area contributed by atoms with Gasteiger partial charge in [0.1, 0.15) is 0 Å². The average Bonchev–Trinajstić information content (AvgIpc) is 2.74. The summed E-state index contributed by atoms with van der Waals surface area (Å²) in [6, 6.07) is 0. The second kappa shape index (κ2) is 4.07. The van der Waals surface area contributed by atoms with Crippen molar-refractivity contribution in [2.45, 2.75) is 31.8 Å². The quantitative estimate of drug-likeness (QED) is 0.670. The number of carbonyl (C=O) groups excluding carboxylic acids is 1. The fraction of sp³-hybridized carbons (Fsp3) is 0.889. The maximum Gasteiger partial charge on any atom is 0.239 e. The van der Waals surface area contributed by atoms with Gasteiger partial charge < -0.3 is 4.74 Å². The van der Waals surface area contributed by atoms with Crippen LogP contribution >= 0.6 is 0 Å². The zero-order valence-electron chi connectivity index (χ0n) is 7.79. The summed E-state index contributed by atoms with van der Waals surface area (Å²) in [5.74, 6) is 0.185. The van der Waals surface area contributed by atoms with Gasteiger partial charge in [-0.15, -0.1) is 0 Å². The molecule has 2 rings (SSSR count). The zero-order valence-corrected chi connectivity index (χ0v) is 7.79. The summed E-state index contributed by atoms with van der Waals surface area (Å²) in [5.41, 5.74) is 3.06. The van der Waals surface area contributed by atoms with Crippen LogP contribution in [0.5, 0.6) is 0 Å². The van der Waals surface area contributed by atoms with Gasteiger partial charge in [-0.2, -0.15) is 0 Å². The molecule has 13 heavy (non-hydrogen) atoms. The van der Waals surface area contributed by atoms with Gasteiger partial charge in [0.05, 0.1) is 12.5 Å². The van der Waals surface area contributed by atoms with Crippen molar-refractivity contribution >= 4 is 5.91 Å². The third kappa shape index (κ3) is 2.19. The lowest BCUT2D eigenvalue weighted by Gasteiger charge is -2.17. The molecule has 0 bridgehead atoms. The van der Waals surface area contributed by atoms with E-state index < -0.39 is 0 Å². The Labute approximate surface area is 78.2 Å². The molecule has 2 saturated heterocycles. The third-order valence-electron chi connectivity index (χ3n) is 2.59. The van der Waals surface area contributed by atoms with E-state index >= 15 is 0 Å². The van der Waals surface area contributed by atoms with Gasteiger partial charge in [0.15, 0.2) is 0 Å². The first-order valence-electron chi connectivity index (χ1n) is 5.02. The van der Waals surface area contributed by atoms with Crippen molar-refractivity contribution in [2.24, 2.45) is 0 Å². The summed E-state index contributed by atoms with van der Waals surface area (Å²) in [4.78, 5) is 11.6. The number of amides is 1. The molecule has 1 unspecified atom stereocenters. The highest BCUT2D eigenvalue weighted by atomic mass is 16.5. The van der Waals surface area contributed by atoms with Crippen molar-refractivity contribution in [2.75, 3.05) is 19.7 Å². The van der Waals surface area contributed by atoms with Crippen LogP contribution in [-0.2, 0) is 9.53 Å². The standard InChI is InChI=1S/C9H16N2O2/c12-9(11-5-2-4-10-11)7-8-3-1-6-13-8/h8,10H,1-7H2. The van der Waals surface area contributed by atoms with E-state index in [1.165, 1.54) is 0 Å². The Hall–Kier alpha value is -0.610. The van der Waals surface area contributed by atoms with E-state index in [2.05, 4.69) is 5.43 Å². The van der Waals surface area contributed by atoms with Crippen molar-refractivity contribution in [3.8, 4) is 0 Å². The first kappa shape index (κ1) is 8.97. The second-order valence-corrected chi connectivity index (χ2v) is 3.65. The monoisotopic (exact) mass is 184 g/mol. The molecule has 2 fully saturated rings. The van der Waals surface area contributed by atoms with Crippen LogP contribution in [0.4, 0.5) is 0 Å². The number of carbonyl (C=O) groups is 1. The summed E-state index contributed by atoms with van der Waals surface area (Å²) < 4.78 is 5.41. The minimum Gasteiger partial charge on any atom is -0.378 e. The van der Waals surface area contributed by atoms with Gasteiger partial charge in [-0.05, 0) is 19.3 Å². The smallest absolute Gasteiger partial charge is 0.239 e. The van der Waals surface area contributed by atoms with Crippen LogP contribution in [0.3, 0.4) is 0 Å². The molecular weight excluding hydrogens is 168 g/mol. The Bertz CT molecular complexity index is 184. The average molecular weight is 184 g/mol. The Balaban J connectivity index is 1.76. The van der Waals surface area contributed by atoms with Crippen LogP contribution in [0, 0.1) is 0 Å². The van der Waals surface area contributed by atoms with Crippen LogP contribution in [0.2, 0.25) is 0 Å². The van der Waals surface area contributed by atoms with Crippen molar-refractivity contribution in [3.05, 3.63) is 0 Å². The van der Waals surface area contributed by atoms with Gasteiger partial charge in [-0.1, -0.05) is 0 Å². The van der Waals surface area contributed by atoms with Crippen molar-refractivity contribution < 1.29 is 9.53 Å². The molecular formula is C9H16N2O2. The molecule has 0 spiro atoms. The SMILES string of the molecule is O=C(CC1CCCO1)N1CCCN1. The molecule has 1 N–H and O–H groups in total. The number of hydrazine groups is 1. The Morgan fingerprint density at radius 1 is 1.54 bits per heavy atom. The fourth-order valence-corrected chi connectivity index (χ4v) is 1.85. The van der Waals surface area contributed by atoms with Gasteiger partial charge in [-0.3, -0.25) is 9.80 Å². The van der Waals surface area contributed by atoms with Crippen LogP contribution < -0.4 is 5.43 Å². The maximum atomic E-state index is 11.6. The lowest BCUT2D eigenvalue weighted by Crippen LogP contribution is -2.38. The van der Waals surface area contributed by atoms with E-state index in [1.807, 2.05) is 0 Å². The molecule has 2 aliphatic rings. The highest BCUT2D eigenvalue weighted by Gasteiger charge is 2.24. The van der Waals surface area contributed by atoms with E-state index in [4.69, 9.17) is 4.74 Å². The van der Waals surface area contributed by atoms with Crippen molar-refractivity contribution in [1.82, 2.24) is 10.4 Å². The largest absolute Gasteiger partial charge is 0.378 e. The molecule has 2 heterocycles. The molecule has 0 aliphatic carbocycles. The second-order valence-electron chi connectivity index (χ2n) is 3.65. The van der Waals surface area contributed by atoms with Crippen LogP contribution in [0.25, 0.3) is 0 Å². The van der Waals surface area contributed by atoms with Crippen molar-refractivity contribution in [3.63, 3.8) is 0 Å². The van der Waals surface area contributed by atoms with Gasteiger partial charge in [0.2, 0.25) is 5.91 Å². The topological polar surface area (TPSA) is 41.6 Å². The summed E-state index contributed by atoms with van der Waals surface area (Å²) >= 11 is 0. The Kier molecular flexibility index (Phi) is 2.80. The molecule has 4 heteroatoms. The van der Waals surface area contributed by atoms with Gasteiger partial charge in [0.25, 0.3) is 0 Å². The third-order valence-corrected chi connectivity index (χ3v) is 2.59. The molecule has 1 amide bonds. The van der Waals surface area contributed by atoms with Gasteiger partial charge in [-0.25, -0.2) is 5.43 Å². The highest BCUT2D eigenvalue weighted by molar-refractivity contribution is 5.76. The molecule has 0 saturated carbocycles. The molecule has 74 valence electrons. The number of hydrogen-bond donors (Lipinski definition) is 1. The molecule has 0 aromatic carbocycles. The normalized spacial score (nSPS) is 28.3. The van der Waals surface area contributed by atoms with Crippen LogP contribution in [0.15, 0.2) is 0 Å². The summed E-state index contributed by atoms with van der Waals surface area (Å²) in [6.07, 6.45) is 3.93. The minimum absolute atomic E-state index is 0.176. The first-order chi connectivity index (χ1) is 6.36. The minimum atomic E-state index is 0.176. The predicted octanol–water partition coefficient (Wildman–Crippen LogP) is 0.292. The predicted molar refractivity (Wildman–Crippen MR) is 47.9 cm³/mol. The summed E-state index contributed by atoms with van der Waals surface area (Å²) in [6.45, 7) is 2.61. The lowest BCUT2D eigenvalue weighted by molar-refractivity contribution is -0.134. The van der Waals surface area contributed by atoms with E-state index in [1.54, 1.807) is 5.01 Å². The molecule has 1 atom stereocenters. The van der Waals surface area contributed by atoms with Crippen LogP contribution in [-0.4, -0.2) is 36.7 Å². The van der Waals surface area contributed by atoms with Gasteiger partial charge >= 0.3 is 0 Å². The van der Waals surface area contributed by atoms with E-state index in [-0.39, 0.29) is 12.0 Å². The molecule has 0 radical (unpaired) electrons. The van der Waals surface area contributed by atoms with E-state index in [0.717, 1.165) is 39.0 Å². The Morgan fingerprint density at radius 2 is 2.46 bits per heavy atom. The molecule has 0 aromatic rings. The number of hydrogen-bond acceptors (Lipinski definition) is 3. The maximum absolute atomic E-state index is 11.6. The fourth-order valence-electron chi connectivity index (χ4n) is 1.85. The summed E-state index contributed by atoms with van der Waals surface area (Å²) in [5, 5.41) is 1.72. The number of nitrogens with zero attached hydrogens (tertiary/aromatic N) is 1. The first-order valence-corrected chi connectivity index (χ1v) is 5.02. The zero-order chi connectivity index (χ0) is 9.10.